The van der Waals surface area contributed by atoms with Gasteiger partial charge >= 0.3 is 0 Å². The quantitative estimate of drug-likeness (QED) is 0.269. The second-order valence-electron chi connectivity index (χ2n) is 10.9. The van der Waals surface area contributed by atoms with Crippen molar-refractivity contribution in [1.29, 1.82) is 0 Å². The van der Waals surface area contributed by atoms with Crippen LogP contribution in [0.15, 0.2) is 78.9 Å². The number of fused-ring (bicyclic) bond motifs is 3. The summed E-state index contributed by atoms with van der Waals surface area (Å²) in [5, 5.41) is 4.90. The third-order valence-electron chi connectivity index (χ3n) is 8.53. The number of amides is 2. The summed E-state index contributed by atoms with van der Waals surface area (Å²) >= 11 is 6.62. The molecule has 1 aliphatic carbocycles. The number of nitrogens with zero attached hydrogens (tertiary/aromatic N) is 2. The van der Waals surface area contributed by atoms with E-state index in [0.29, 0.717) is 16.5 Å². The standard InChI is InChI=1S/C33H34ClN3O3/c1-40-27-18-17-23-19-30-31(38)37(21-24-11-9-10-16-28(24)34)33(22-36(30)29(23)20-27,25-12-5-4-6-13-25)32(39)35-26-14-7-2-3-8-15-26/h4-6,9-13,16-20,26H,2-3,7-8,14-15,21-22H2,1H3,(H,35,39)/t33-/m1/s1. The van der Waals surface area contributed by atoms with E-state index < -0.39 is 5.54 Å². The first kappa shape index (κ1) is 26.5. The van der Waals surface area contributed by atoms with Crippen LogP contribution in [0.3, 0.4) is 0 Å². The summed E-state index contributed by atoms with van der Waals surface area (Å²) in [6.07, 6.45) is 6.46. The molecule has 0 saturated heterocycles. The minimum absolute atomic E-state index is 0.0794. The Morgan fingerprint density at radius 2 is 1.70 bits per heavy atom. The highest BCUT2D eigenvalue weighted by molar-refractivity contribution is 6.31. The van der Waals surface area contributed by atoms with Crippen LogP contribution in [-0.2, 0) is 23.4 Å². The maximum atomic E-state index is 14.7. The molecule has 1 atom stereocenters. The van der Waals surface area contributed by atoms with Crippen molar-refractivity contribution in [3.63, 3.8) is 0 Å². The zero-order valence-electron chi connectivity index (χ0n) is 22.7. The van der Waals surface area contributed by atoms with Gasteiger partial charge in [-0.15, -0.1) is 0 Å². The Labute approximate surface area is 239 Å². The van der Waals surface area contributed by atoms with Crippen LogP contribution in [0.2, 0.25) is 5.02 Å². The Kier molecular flexibility index (Phi) is 7.28. The Morgan fingerprint density at radius 3 is 2.42 bits per heavy atom. The number of carbonyl (C=O) groups excluding carboxylic acids is 2. The maximum Gasteiger partial charge on any atom is 0.272 e. The van der Waals surface area contributed by atoms with Crippen LogP contribution < -0.4 is 10.1 Å². The van der Waals surface area contributed by atoms with Gasteiger partial charge in [-0.1, -0.05) is 85.8 Å². The van der Waals surface area contributed by atoms with Crippen molar-refractivity contribution in [2.24, 2.45) is 0 Å². The van der Waals surface area contributed by atoms with Gasteiger partial charge in [0.1, 0.15) is 11.4 Å². The molecule has 206 valence electrons. The van der Waals surface area contributed by atoms with Gasteiger partial charge in [-0.3, -0.25) is 9.59 Å². The molecule has 4 aromatic rings. The number of rotatable bonds is 6. The molecule has 1 aromatic heterocycles. The highest BCUT2D eigenvalue weighted by Gasteiger charge is 2.53. The molecule has 3 aromatic carbocycles. The van der Waals surface area contributed by atoms with Crippen molar-refractivity contribution in [2.75, 3.05) is 7.11 Å². The number of carbonyl (C=O) groups is 2. The van der Waals surface area contributed by atoms with E-state index in [1.165, 1.54) is 12.8 Å². The number of benzene rings is 3. The van der Waals surface area contributed by atoms with Crippen LogP contribution in [0.1, 0.15) is 60.1 Å². The van der Waals surface area contributed by atoms with Crippen molar-refractivity contribution in [3.8, 4) is 5.75 Å². The number of nitrogens with one attached hydrogen (secondary N) is 1. The lowest BCUT2D eigenvalue weighted by molar-refractivity contribution is -0.136. The van der Waals surface area contributed by atoms with E-state index in [9.17, 15) is 9.59 Å². The Hall–Kier alpha value is -3.77. The van der Waals surface area contributed by atoms with Gasteiger partial charge in [0.2, 0.25) is 0 Å². The molecule has 0 unspecified atom stereocenters. The summed E-state index contributed by atoms with van der Waals surface area (Å²) in [7, 11) is 1.63. The third-order valence-corrected chi connectivity index (χ3v) is 8.90. The van der Waals surface area contributed by atoms with E-state index in [1.807, 2.05) is 83.4 Å². The van der Waals surface area contributed by atoms with Crippen molar-refractivity contribution >= 4 is 34.3 Å². The number of hydrogen-bond acceptors (Lipinski definition) is 3. The van der Waals surface area contributed by atoms with Gasteiger partial charge in [-0.25, -0.2) is 0 Å². The number of ether oxygens (including phenoxy) is 1. The molecule has 40 heavy (non-hydrogen) atoms. The van der Waals surface area contributed by atoms with E-state index in [1.54, 1.807) is 12.0 Å². The van der Waals surface area contributed by atoms with Crippen molar-refractivity contribution < 1.29 is 14.3 Å². The zero-order valence-corrected chi connectivity index (χ0v) is 23.5. The molecule has 2 heterocycles. The minimum atomic E-state index is -1.29. The first-order valence-electron chi connectivity index (χ1n) is 14.1. The fraction of sp³-hybridized carbons (Fsp3) is 0.333. The van der Waals surface area contributed by atoms with Gasteiger partial charge in [-0.2, -0.15) is 0 Å². The van der Waals surface area contributed by atoms with Crippen molar-refractivity contribution in [3.05, 3.63) is 101 Å². The lowest BCUT2D eigenvalue weighted by Gasteiger charge is -2.47. The molecule has 2 amide bonds. The van der Waals surface area contributed by atoms with Gasteiger partial charge in [0.05, 0.1) is 19.2 Å². The van der Waals surface area contributed by atoms with Crippen molar-refractivity contribution in [2.45, 2.75) is 63.2 Å². The summed E-state index contributed by atoms with van der Waals surface area (Å²) in [5.41, 5.74) is 1.70. The van der Waals surface area contributed by atoms with Gasteiger partial charge in [0.25, 0.3) is 11.8 Å². The molecule has 0 bridgehead atoms. The number of methoxy groups -OCH3 is 1. The highest BCUT2D eigenvalue weighted by Crippen LogP contribution is 2.41. The Bertz CT molecular complexity index is 1540. The highest BCUT2D eigenvalue weighted by atomic mass is 35.5. The molecule has 7 heteroatoms. The summed E-state index contributed by atoms with van der Waals surface area (Å²) in [4.78, 5) is 31.0. The zero-order chi connectivity index (χ0) is 27.7. The predicted octanol–water partition coefficient (Wildman–Crippen LogP) is 6.69. The largest absolute Gasteiger partial charge is 0.497 e. The topological polar surface area (TPSA) is 63.6 Å². The Morgan fingerprint density at radius 1 is 0.975 bits per heavy atom. The summed E-state index contributed by atoms with van der Waals surface area (Å²) in [6.45, 7) is 0.480. The molecular formula is C33H34ClN3O3. The fourth-order valence-corrected chi connectivity index (χ4v) is 6.55. The molecule has 1 fully saturated rings. The summed E-state index contributed by atoms with van der Waals surface area (Å²) in [6, 6.07) is 25.0. The molecule has 0 spiro atoms. The summed E-state index contributed by atoms with van der Waals surface area (Å²) in [5.74, 6) is 0.343. The second kappa shape index (κ2) is 11.0. The van der Waals surface area contributed by atoms with Gasteiger partial charge in [0.15, 0.2) is 5.54 Å². The van der Waals surface area contributed by atoms with Crippen LogP contribution in [0, 0.1) is 0 Å². The van der Waals surface area contributed by atoms with E-state index in [2.05, 4.69) is 5.32 Å². The average Bonchev–Trinajstić information content (AvgIpc) is 3.14. The van der Waals surface area contributed by atoms with Crippen LogP contribution in [0.4, 0.5) is 0 Å². The minimum Gasteiger partial charge on any atom is -0.497 e. The number of hydrogen-bond donors (Lipinski definition) is 1. The van der Waals surface area contributed by atoms with E-state index in [4.69, 9.17) is 16.3 Å². The molecular weight excluding hydrogens is 522 g/mol. The SMILES string of the molecule is COc1ccc2cc3n(c2c1)C[C@](C(=O)NC1CCCCCC1)(c1ccccc1)N(Cc1ccccc1Cl)C3=O. The molecule has 1 N–H and O–H groups in total. The smallest absolute Gasteiger partial charge is 0.272 e. The van der Waals surface area contributed by atoms with Crippen LogP contribution in [-0.4, -0.2) is 34.4 Å². The lowest BCUT2D eigenvalue weighted by Crippen LogP contribution is -2.64. The average molecular weight is 556 g/mol. The second-order valence-corrected chi connectivity index (χ2v) is 11.3. The first-order valence-corrected chi connectivity index (χ1v) is 14.5. The van der Waals surface area contributed by atoms with Gasteiger partial charge in [0, 0.05) is 29.1 Å². The van der Waals surface area contributed by atoms with Gasteiger partial charge < -0.3 is 19.5 Å². The number of halogens is 1. The molecule has 6 rings (SSSR count). The number of aromatic nitrogens is 1. The van der Waals surface area contributed by atoms with Crippen LogP contribution in [0.5, 0.6) is 5.75 Å². The molecule has 1 saturated carbocycles. The third kappa shape index (κ3) is 4.64. The molecule has 1 aliphatic heterocycles. The molecule has 2 aliphatic rings. The Balaban J connectivity index is 1.55. The fourth-order valence-electron chi connectivity index (χ4n) is 6.35. The first-order chi connectivity index (χ1) is 19.5. The van der Waals surface area contributed by atoms with Crippen molar-refractivity contribution in [1.82, 2.24) is 14.8 Å². The van der Waals surface area contributed by atoms with E-state index in [0.717, 1.165) is 47.7 Å². The monoisotopic (exact) mass is 555 g/mol. The molecule has 0 radical (unpaired) electrons. The maximum absolute atomic E-state index is 14.7. The predicted molar refractivity (Wildman–Crippen MR) is 158 cm³/mol. The van der Waals surface area contributed by atoms with E-state index >= 15 is 0 Å². The normalized spacial score (nSPS) is 19.8. The van der Waals surface area contributed by atoms with Crippen LogP contribution in [0.25, 0.3) is 10.9 Å². The van der Waals surface area contributed by atoms with Gasteiger partial charge in [-0.05, 0) is 48.2 Å². The van der Waals surface area contributed by atoms with E-state index in [-0.39, 0.29) is 30.9 Å². The summed E-state index contributed by atoms with van der Waals surface area (Å²) < 4.78 is 7.51. The molecule has 6 nitrogen and oxygen atoms in total. The van der Waals surface area contributed by atoms with Crippen LogP contribution >= 0.6 is 11.6 Å². The lowest BCUT2D eigenvalue weighted by atomic mass is 9.83.